The Labute approximate surface area is 119 Å². The molecule has 0 bridgehead atoms. The number of anilines is 1. The number of amides is 1. The van der Waals surface area contributed by atoms with Crippen molar-refractivity contribution in [1.82, 2.24) is 9.55 Å². The van der Waals surface area contributed by atoms with Crippen LogP contribution in [0.1, 0.15) is 5.56 Å². The van der Waals surface area contributed by atoms with Crippen LogP contribution < -0.4 is 21.3 Å². The van der Waals surface area contributed by atoms with E-state index in [1.165, 1.54) is 12.3 Å². The minimum atomic E-state index is -0.611. The van der Waals surface area contributed by atoms with Crippen LogP contribution >= 0.6 is 0 Å². The molecule has 7 nitrogen and oxygen atoms in total. The highest BCUT2D eigenvalue weighted by molar-refractivity contribution is 5.90. The molecule has 0 saturated carbocycles. The third-order valence-corrected chi connectivity index (χ3v) is 3.18. The summed E-state index contributed by atoms with van der Waals surface area (Å²) in [6.07, 6.45) is 2.11. The fourth-order valence-electron chi connectivity index (χ4n) is 2.19. The van der Waals surface area contributed by atoms with Crippen LogP contribution in [0.15, 0.2) is 40.1 Å². The van der Waals surface area contributed by atoms with Gasteiger partial charge in [-0.05, 0) is 23.8 Å². The lowest BCUT2D eigenvalue weighted by Gasteiger charge is -2.08. The van der Waals surface area contributed by atoms with Gasteiger partial charge in [-0.2, -0.15) is 0 Å². The summed E-state index contributed by atoms with van der Waals surface area (Å²) < 4.78 is 6.52. The van der Waals surface area contributed by atoms with Crippen molar-refractivity contribution >= 4 is 11.6 Å². The van der Waals surface area contributed by atoms with Gasteiger partial charge in [0, 0.05) is 24.4 Å². The summed E-state index contributed by atoms with van der Waals surface area (Å²) in [5, 5.41) is 2.72. The number of carbonyl (C=O) groups excluding carboxylic acids is 1. The molecule has 0 radical (unpaired) electrons. The Kier molecular flexibility index (Phi) is 3.31. The van der Waals surface area contributed by atoms with Gasteiger partial charge in [-0.15, -0.1) is 0 Å². The predicted octanol–water partition coefficient (Wildman–Crippen LogP) is 0.110. The van der Waals surface area contributed by atoms with E-state index in [9.17, 15) is 14.4 Å². The number of aromatic nitrogens is 2. The Bertz CT molecular complexity index is 806. The lowest BCUT2D eigenvalue weighted by Crippen LogP contribution is -2.32. The van der Waals surface area contributed by atoms with Gasteiger partial charge in [0.15, 0.2) is 0 Å². The van der Waals surface area contributed by atoms with E-state index in [4.69, 9.17) is 4.74 Å². The van der Waals surface area contributed by atoms with Crippen molar-refractivity contribution in [3.63, 3.8) is 0 Å². The zero-order valence-electron chi connectivity index (χ0n) is 11.1. The lowest BCUT2D eigenvalue weighted by molar-refractivity contribution is -0.116. The fourth-order valence-corrected chi connectivity index (χ4v) is 2.19. The molecule has 2 aromatic rings. The molecule has 21 heavy (non-hydrogen) atoms. The Hall–Kier alpha value is -2.83. The van der Waals surface area contributed by atoms with Crippen LogP contribution in [-0.2, 0) is 17.8 Å². The van der Waals surface area contributed by atoms with Crippen molar-refractivity contribution in [2.24, 2.45) is 0 Å². The van der Waals surface area contributed by atoms with Gasteiger partial charge < -0.3 is 10.1 Å². The first-order valence-corrected chi connectivity index (χ1v) is 6.47. The number of rotatable bonds is 3. The van der Waals surface area contributed by atoms with E-state index in [2.05, 4.69) is 10.3 Å². The summed E-state index contributed by atoms with van der Waals surface area (Å²) in [4.78, 5) is 36.5. The van der Waals surface area contributed by atoms with Gasteiger partial charge in [0.2, 0.25) is 5.91 Å². The van der Waals surface area contributed by atoms with Crippen molar-refractivity contribution in [3.8, 4) is 5.75 Å². The number of benzene rings is 1. The van der Waals surface area contributed by atoms with E-state index >= 15 is 0 Å². The van der Waals surface area contributed by atoms with E-state index in [0.29, 0.717) is 12.3 Å². The maximum Gasteiger partial charge on any atom is 0.328 e. The molecule has 2 heterocycles. The molecule has 1 aliphatic heterocycles. The zero-order chi connectivity index (χ0) is 14.8. The molecule has 0 fully saturated rings. The number of ether oxygens (including phenoxy) is 1. The molecular weight excluding hydrogens is 274 g/mol. The molecule has 1 amide bonds. The van der Waals surface area contributed by atoms with Crippen LogP contribution in [0.25, 0.3) is 0 Å². The van der Waals surface area contributed by atoms with Crippen molar-refractivity contribution in [2.45, 2.75) is 13.0 Å². The molecule has 0 unspecified atom stereocenters. The van der Waals surface area contributed by atoms with Crippen molar-refractivity contribution in [1.29, 1.82) is 0 Å². The minimum Gasteiger partial charge on any atom is -0.493 e. The van der Waals surface area contributed by atoms with Crippen molar-refractivity contribution < 1.29 is 9.53 Å². The largest absolute Gasteiger partial charge is 0.493 e. The molecular formula is C14H13N3O4. The highest BCUT2D eigenvalue weighted by Crippen LogP contribution is 2.27. The van der Waals surface area contributed by atoms with Crippen LogP contribution in [0, 0.1) is 0 Å². The Balaban J connectivity index is 1.72. The fraction of sp³-hybridized carbons (Fsp3) is 0.214. The standard InChI is InChI=1S/C14H13N3O4/c18-12-3-5-17(14(20)16-12)8-13(19)15-10-1-2-11-9(7-10)4-6-21-11/h1-3,5,7H,4,6,8H2,(H,15,19)(H,16,18,20). The van der Waals surface area contributed by atoms with Crippen molar-refractivity contribution in [3.05, 3.63) is 56.9 Å². The second-order valence-electron chi connectivity index (χ2n) is 4.71. The second kappa shape index (κ2) is 5.28. The van der Waals surface area contributed by atoms with Crippen LogP contribution in [0.2, 0.25) is 0 Å². The van der Waals surface area contributed by atoms with Gasteiger partial charge >= 0.3 is 5.69 Å². The predicted molar refractivity (Wildman–Crippen MR) is 75.6 cm³/mol. The van der Waals surface area contributed by atoms with Crippen LogP contribution in [-0.4, -0.2) is 22.1 Å². The van der Waals surface area contributed by atoms with Crippen LogP contribution in [0.4, 0.5) is 5.69 Å². The van der Waals surface area contributed by atoms with E-state index in [1.807, 2.05) is 12.1 Å². The maximum atomic E-state index is 11.9. The molecule has 2 N–H and O–H groups in total. The zero-order valence-corrected chi connectivity index (χ0v) is 11.1. The number of hydrogen-bond donors (Lipinski definition) is 2. The van der Waals surface area contributed by atoms with Gasteiger partial charge in [-0.25, -0.2) is 4.79 Å². The summed E-state index contributed by atoms with van der Waals surface area (Å²) in [6.45, 7) is 0.489. The summed E-state index contributed by atoms with van der Waals surface area (Å²) in [6, 6.07) is 6.61. The lowest BCUT2D eigenvalue weighted by atomic mass is 10.1. The first-order chi connectivity index (χ1) is 10.1. The number of nitrogens with one attached hydrogen (secondary N) is 2. The molecule has 3 rings (SSSR count). The molecule has 1 aliphatic rings. The third-order valence-electron chi connectivity index (χ3n) is 3.18. The summed E-state index contributed by atoms with van der Waals surface area (Å²) in [5.74, 6) is 0.493. The van der Waals surface area contributed by atoms with Crippen molar-refractivity contribution in [2.75, 3.05) is 11.9 Å². The van der Waals surface area contributed by atoms with Crippen LogP contribution in [0.3, 0.4) is 0 Å². The summed E-state index contributed by atoms with van der Waals surface area (Å²) >= 11 is 0. The number of carbonyl (C=O) groups is 1. The third kappa shape index (κ3) is 2.86. The molecule has 1 aromatic carbocycles. The SMILES string of the molecule is O=C(Cn1ccc(=O)[nH]c1=O)Nc1ccc2c(c1)CCO2. The van der Waals surface area contributed by atoms with E-state index in [-0.39, 0.29) is 12.5 Å². The molecule has 1 aromatic heterocycles. The Morgan fingerprint density at radius 3 is 3.00 bits per heavy atom. The smallest absolute Gasteiger partial charge is 0.328 e. The summed E-state index contributed by atoms with van der Waals surface area (Å²) in [5.41, 5.74) is 0.603. The molecule has 0 aliphatic carbocycles. The average molecular weight is 287 g/mol. The summed E-state index contributed by atoms with van der Waals surface area (Å²) in [7, 11) is 0. The quantitative estimate of drug-likeness (QED) is 0.838. The second-order valence-corrected chi connectivity index (χ2v) is 4.71. The first kappa shape index (κ1) is 13.2. The van der Waals surface area contributed by atoms with Crippen LogP contribution in [0.5, 0.6) is 5.75 Å². The molecule has 0 atom stereocenters. The van der Waals surface area contributed by atoms with Gasteiger partial charge in [0.05, 0.1) is 6.61 Å². The number of hydrogen-bond acceptors (Lipinski definition) is 4. The van der Waals surface area contributed by atoms with E-state index in [0.717, 1.165) is 22.3 Å². The normalized spacial score (nSPS) is 12.6. The Morgan fingerprint density at radius 2 is 2.19 bits per heavy atom. The monoisotopic (exact) mass is 287 g/mol. The number of H-pyrrole nitrogens is 1. The average Bonchev–Trinajstić information content (AvgIpc) is 2.89. The van der Waals surface area contributed by atoms with E-state index < -0.39 is 11.2 Å². The molecule has 0 saturated heterocycles. The number of fused-ring (bicyclic) bond motifs is 1. The maximum absolute atomic E-state index is 11.9. The highest BCUT2D eigenvalue weighted by Gasteiger charge is 2.13. The molecule has 7 heteroatoms. The highest BCUT2D eigenvalue weighted by atomic mass is 16.5. The van der Waals surface area contributed by atoms with E-state index in [1.54, 1.807) is 6.07 Å². The van der Waals surface area contributed by atoms with Gasteiger partial charge in [-0.3, -0.25) is 19.1 Å². The van der Waals surface area contributed by atoms with Gasteiger partial charge in [-0.1, -0.05) is 0 Å². The number of nitrogens with zero attached hydrogens (tertiary/aromatic N) is 1. The molecule has 108 valence electrons. The molecule has 0 spiro atoms. The number of aromatic amines is 1. The van der Waals surface area contributed by atoms with Gasteiger partial charge in [0.25, 0.3) is 5.56 Å². The minimum absolute atomic E-state index is 0.163. The topological polar surface area (TPSA) is 93.2 Å². The first-order valence-electron chi connectivity index (χ1n) is 6.47. The van der Waals surface area contributed by atoms with Gasteiger partial charge in [0.1, 0.15) is 12.3 Å². The Morgan fingerprint density at radius 1 is 1.33 bits per heavy atom.